The summed E-state index contributed by atoms with van der Waals surface area (Å²) in [4.78, 5) is 55.0. The highest BCUT2D eigenvalue weighted by Gasteiger charge is 2.46. The van der Waals surface area contributed by atoms with Gasteiger partial charge in [0.25, 0.3) is 0 Å². The first-order chi connectivity index (χ1) is 19.0. The van der Waals surface area contributed by atoms with Crippen LogP contribution in [0.5, 0.6) is 11.5 Å². The number of nitrogens with one attached hydrogen (secondary N) is 4. The lowest BCUT2D eigenvalue weighted by Gasteiger charge is -2.33. The molecule has 2 aliphatic rings. The molecular weight excluding hydrogens is 514 g/mol. The average molecular weight is 558 g/mol. The summed E-state index contributed by atoms with van der Waals surface area (Å²) >= 11 is 0. The Hall–Kier alpha value is -3.60. The maximum Gasteiger partial charge on any atom is 0.247 e. The Morgan fingerprint density at radius 1 is 1.15 bits per heavy atom. The molecule has 1 aromatic rings. The van der Waals surface area contributed by atoms with E-state index in [0.717, 1.165) is 0 Å². The van der Waals surface area contributed by atoms with Crippen LogP contribution in [-0.2, 0) is 19.2 Å². The van der Waals surface area contributed by atoms with Gasteiger partial charge in [0, 0.05) is 24.7 Å². The van der Waals surface area contributed by atoms with Crippen LogP contribution < -0.4 is 30.7 Å². The highest BCUT2D eigenvalue weighted by atomic mass is 16.5. The van der Waals surface area contributed by atoms with Gasteiger partial charge in [0.1, 0.15) is 35.7 Å². The van der Waals surface area contributed by atoms with Crippen molar-refractivity contribution in [1.82, 2.24) is 26.2 Å². The molecule has 1 fully saturated rings. The summed E-state index contributed by atoms with van der Waals surface area (Å²) in [5, 5.41) is 11.4. The van der Waals surface area contributed by atoms with E-state index in [0.29, 0.717) is 29.9 Å². The van der Waals surface area contributed by atoms with Crippen molar-refractivity contribution in [1.29, 1.82) is 0 Å². The van der Waals surface area contributed by atoms with E-state index in [9.17, 15) is 19.2 Å². The number of methoxy groups -OCH3 is 1. The molecule has 5 unspecified atom stereocenters. The second-order valence-electron chi connectivity index (χ2n) is 11.1. The quantitative estimate of drug-likeness (QED) is 0.379. The fourth-order valence-electron chi connectivity index (χ4n) is 4.91. The number of nitrogens with zero attached hydrogens (tertiary/aromatic N) is 1. The normalized spacial score (nSPS) is 23.4. The van der Waals surface area contributed by atoms with Crippen LogP contribution in [0.3, 0.4) is 0 Å². The Morgan fingerprint density at radius 3 is 2.50 bits per heavy atom. The van der Waals surface area contributed by atoms with E-state index in [1.165, 1.54) is 11.1 Å². The van der Waals surface area contributed by atoms with Gasteiger partial charge in [-0.1, -0.05) is 27.7 Å². The van der Waals surface area contributed by atoms with Gasteiger partial charge < -0.3 is 35.6 Å². The Bertz CT molecular complexity index is 1120. The molecule has 11 heteroatoms. The molecule has 220 valence electrons. The van der Waals surface area contributed by atoms with Crippen molar-refractivity contribution < 1.29 is 28.7 Å². The Kier molecular flexibility index (Phi) is 10.6. The smallest absolute Gasteiger partial charge is 0.247 e. The van der Waals surface area contributed by atoms with E-state index in [4.69, 9.17) is 9.47 Å². The van der Waals surface area contributed by atoms with Crippen molar-refractivity contribution in [3.05, 3.63) is 30.0 Å². The molecule has 4 N–H and O–H groups in total. The van der Waals surface area contributed by atoms with Crippen molar-refractivity contribution in [3.63, 3.8) is 0 Å². The molecule has 4 amide bonds. The number of likely N-dealkylation sites (tertiary alicyclic amines) is 1. The van der Waals surface area contributed by atoms with Crippen molar-refractivity contribution >= 4 is 29.7 Å². The van der Waals surface area contributed by atoms with E-state index >= 15 is 0 Å². The van der Waals surface area contributed by atoms with Gasteiger partial charge in [0.05, 0.1) is 13.2 Å². The van der Waals surface area contributed by atoms with Crippen LogP contribution in [0.2, 0.25) is 0 Å². The topological polar surface area (TPSA) is 138 Å². The van der Waals surface area contributed by atoms with Crippen LogP contribution in [-0.4, -0.2) is 79.5 Å². The molecule has 2 bridgehead atoms. The van der Waals surface area contributed by atoms with Crippen molar-refractivity contribution in [2.45, 2.75) is 77.7 Å². The molecule has 5 atom stereocenters. The number of amides is 4. The van der Waals surface area contributed by atoms with E-state index in [-0.39, 0.29) is 36.1 Å². The number of hydrogen-bond donors (Lipinski definition) is 4. The van der Waals surface area contributed by atoms with Crippen molar-refractivity contribution in [2.75, 3.05) is 20.7 Å². The predicted molar refractivity (Wildman–Crippen MR) is 151 cm³/mol. The number of fused-ring (bicyclic) bond motifs is 3. The number of carbonyl (C=O) groups excluding carboxylic acids is 4. The molecule has 0 aliphatic carbocycles. The van der Waals surface area contributed by atoms with Gasteiger partial charge in [-0.15, -0.1) is 0 Å². The third-order valence-corrected chi connectivity index (χ3v) is 7.27. The zero-order chi connectivity index (χ0) is 29.6. The lowest BCUT2D eigenvalue weighted by atomic mass is 10.0. The Labute approximate surface area is 236 Å². The highest BCUT2D eigenvalue weighted by Crippen LogP contribution is 2.30. The molecule has 0 radical (unpaired) electrons. The Morgan fingerprint density at radius 2 is 1.88 bits per heavy atom. The SMILES string of the molecule is CNC(C)C(=O)NC(C(=O)N1CCC2Oc3ccc(OC)c(c3)/C=C/NC(=O)C(CC(C)C)NC(=O)C21)C(C)C. The third kappa shape index (κ3) is 7.32. The zero-order valence-corrected chi connectivity index (χ0v) is 24.4. The first kappa shape index (κ1) is 30.9. The van der Waals surface area contributed by atoms with E-state index in [2.05, 4.69) is 21.3 Å². The molecule has 11 nitrogen and oxygen atoms in total. The number of hydrogen-bond acceptors (Lipinski definition) is 7. The molecule has 1 saturated heterocycles. The fourth-order valence-corrected chi connectivity index (χ4v) is 4.91. The molecule has 2 heterocycles. The second kappa shape index (κ2) is 13.6. The fraction of sp³-hybridized carbons (Fsp3) is 0.586. The van der Waals surface area contributed by atoms with Crippen LogP contribution in [0.1, 0.15) is 53.0 Å². The minimum atomic E-state index is -1.01. The van der Waals surface area contributed by atoms with Crippen molar-refractivity contribution in [3.8, 4) is 11.5 Å². The van der Waals surface area contributed by atoms with Gasteiger partial charge in [-0.25, -0.2) is 0 Å². The van der Waals surface area contributed by atoms with Crippen LogP contribution >= 0.6 is 0 Å². The maximum absolute atomic E-state index is 13.9. The molecule has 0 aromatic heterocycles. The lowest BCUT2D eigenvalue weighted by molar-refractivity contribution is -0.144. The summed E-state index contributed by atoms with van der Waals surface area (Å²) in [6.07, 6.45) is 3.35. The monoisotopic (exact) mass is 557 g/mol. The highest BCUT2D eigenvalue weighted by molar-refractivity contribution is 5.96. The molecule has 1 aromatic carbocycles. The standard InChI is InChI=1S/C29H43N5O6/c1-16(2)14-21-27(36)31-12-10-19-15-20(8-9-22(19)39-7)40-23-11-13-34(25(23)28(37)32-21)29(38)24(17(3)4)33-26(35)18(5)30-6/h8-10,12,15-18,21,23-25,30H,11,13-14H2,1-7H3,(H,31,36)(H,32,37)(H,33,35)/b12-10+. The molecule has 2 aliphatic heterocycles. The average Bonchev–Trinajstić information content (AvgIpc) is 3.33. The van der Waals surface area contributed by atoms with Gasteiger partial charge >= 0.3 is 0 Å². The second-order valence-corrected chi connectivity index (χ2v) is 11.1. The van der Waals surface area contributed by atoms with Crippen LogP contribution in [0.25, 0.3) is 6.08 Å². The van der Waals surface area contributed by atoms with Crippen molar-refractivity contribution in [2.24, 2.45) is 11.8 Å². The summed E-state index contributed by atoms with van der Waals surface area (Å²) in [6.45, 7) is 9.58. The number of rotatable bonds is 8. The summed E-state index contributed by atoms with van der Waals surface area (Å²) in [7, 11) is 3.22. The number of benzene rings is 1. The minimum absolute atomic E-state index is 0.119. The number of ether oxygens (including phenoxy) is 2. The van der Waals surface area contributed by atoms with E-state index in [1.807, 2.05) is 27.7 Å². The summed E-state index contributed by atoms with van der Waals surface area (Å²) < 4.78 is 11.8. The largest absolute Gasteiger partial charge is 0.496 e. The minimum Gasteiger partial charge on any atom is -0.496 e. The maximum atomic E-state index is 13.9. The van der Waals surface area contributed by atoms with Crippen LogP contribution in [0.4, 0.5) is 0 Å². The number of carbonyl (C=O) groups is 4. The van der Waals surface area contributed by atoms with Gasteiger partial charge in [0.2, 0.25) is 23.6 Å². The first-order valence-corrected chi connectivity index (χ1v) is 13.9. The molecule has 40 heavy (non-hydrogen) atoms. The Balaban J connectivity index is 2.01. The third-order valence-electron chi connectivity index (χ3n) is 7.27. The van der Waals surface area contributed by atoms with Gasteiger partial charge in [0.15, 0.2) is 0 Å². The predicted octanol–water partition coefficient (Wildman–Crippen LogP) is 1.42. The zero-order valence-electron chi connectivity index (χ0n) is 24.4. The lowest BCUT2D eigenvalue weighted by Crippen LogP contribution is -2.60. The van der Waals surface area contributed by atoms with Gasteiger partial charge in [-0.2, -0.15) is 0 Å². The van der Waals surface area contributed by atoms with Gasteiger partial charge in [-0.3, -0.25) is 19.2 Å². The summed E-state index contributed by atoms with van der Waals surface area (Å²) in [6, 6.07) is 2.09. The molecule has 3 rings (SSSR count). The molecule has 0 spiro atoms. The van der Waals surface area contributed by atoms with E-state index in [1.54, 1.807) is 45.4 Å². The van der Waals surface area contributed by atoms with Gasteiger partial charge in [-0.05, 0) is 56.5 Å². The molecular formula is C29H43N5O6. The summed E-state index contributed by atoms with van der Waals surface area (Å²) in [5.74, 6) is -0.551. The first-order valence-electron chi connectivity index (χ1n) is 13.9. The number of likely N-dealkylation sites (N-methyl/N-ethyl adjacent to an activating group) is 1. The summed E-state index contributed by atoms with van der Waals surface area (Å²) in [5.41, 5.74) is 0.683. The van der Waals surface area contributed by atoms with E-state index < -0.39 is 36.2 Å². The van der Waals surface area contributed by atoms with Crippen LogP contribution in [0.15, 0.2) is 24.4 Å². The molecule has 0 saturated carbocycles. The van der Waals surface area contributed by atoms with Crippen LogP contribution in [0, 0.1) is 11.8 Å².